The molecule has 0 fully saturated rings. The summed E-state index contributed by atoms with van der Waals surface area (Å²) in [4.78, 5) is 4.08. The zero-order valence-corrected chi connectivity index (χ0v) is 13.4. The van der Waals surface area contributed by atoms with Crippen LogP contribution in [0, 0.1) is 6.92 Å². The van der Waals surface area contributed by atoms with Crippen molar-refractivity contribution in [3.05, 3.63) is 63.4 Å². The molecule has 0 spiro atoms. The van der Waals surface area contributed by atoms with Gasteiger partial charge >= 0.3 is 0 Å². The number of nitrogen functional groups attached to an aromatic ring is 1. The highest BCUT2D eigenvalue weighted by Crippen LogP contribution is 2.36. The molecule has 22 heavy (non-hydrogen) atoms. The first kappa shape index (κ1) is 14.9. The number of rotatable bonds is 3. The van der Waals surface area contributed by atoms with Crippen LogP contribution >= 0.6 is 23.2 Å². The Bertz CT molecular complexity index is 786. The van der Waals surface area contributed by atoms with Gasteiger partial charge in [0, 0.05) is 12.0 Å². The van der Waals surface area contributed by atoms with Gasteiger partial charge in [0.15, 0.2) is 0 Å². The topological polar surface area (TPSA) is 67.6 Å². The molecule has 0 saturated heterocycles. The van der Waals surface area contributed by atoms with Crippen LogP contribution in [0.1, 0.15) is 17.0 Å². The number of hydrogen-bond acceptors (Lipinski definition) is 3. The Balaban J connectivity index is 1.95. The second kappa shape index (κ2) is 5.99. The Kier molecular flexibility index (Phi) is 4.05. The molecule has 0 saturated carbocycles. The van der Waals surface area contributed by atoms with Crippen LogP contribution in [0.4, 0.5) is 5.95 Å². The molecule has 0 unspecified atom stereocenters. The number of nitrogens with two attached hydrogens (primary N) is 1. The first-order valence-corrected chi connectivity index (χ1v) is 7.50. The monoisotopic (exact) mass is 332 g/mol. The zero-order chi connectivity index (χ0) is 15.7. The lowest BCUT2D eigenvalue weighted by Crippen LogP contribution is -1.93. The largest absolute Gasteiger partial charge is 0.367 e. The molecule has 6 heteroatoms. The Morgan fingerprint density at radius 2 is 1.73 bits per heavy atom. The lowest BCUT2D eigenvalue weighted by molar-refractivity contribution is 0.973. The van der Waals surface area contributed by atoms with Crippen molar-refractivity contribution in [2.24, 2.45) is 0 Å². The molecule has 1 aromatic heterocycles. The third kappa shape index (κ3) is 3.08. The highest BCUT2D eigenvalue weighted by Gasteiger charge is 2.12. The molecule has 0 atom stereocenters. The van der Waals surface area contributed by atoms with E-state index < -0.39 is 0 Å². The van der Waals surface area contributed by atoms with E-state index >= 15 is 0 Å². The van der Waals surface area contributed by atoms with Crippen molar-refractivity contribution in [3.63, 3.8) is 0 Å². The standard InChI is InChI=1S/C16H14Cl2N4/c1-9-2-4-11(5-3-9)15-12(17)6-10(7-13(15)18)8-14-20-16(19)22-21-14/h2-7H,8H2,1H3,(H3,19,20,21,22). The minimum atomic E-state index is 0.225. The van der Waals surface area contributed by atoms with Crippen molar-refractivity contribution in [1.82, 2.24) is 15.2 Å². The molecule has 1 heterocycles. The summed E-state index contributed by atoms with van der Waals surface area (Å²) in [5.74, 6) is 0.899. The van der Waals surface area contributed by atoms with Crippen LogP contribution in [-0.2, 0) is 6.42 Å². The first-order valence-electron chi connectivity index (χ1n) is 6.74. The Labute approximate surface area is 138 Å². The van der Waals surface area contributed by atoms with Gasteiger partial charge in [-0.05, 0) is 30.2 Å². The average molecular weight is 333 g/mol. The normalized spacial score (nSPS) is 10.9. The number of nitrogens with zero attached hydrogens (tertiary/aromatic N) is 2. The van der Waals surface area contributed by atoms with Crippen LogP contribution in [0.15, 0.2) is 36.4 Å². The van der Waals surface area contributed by atoms with Crippen LogP contribution in [0.3, 0.4) is 0 Å². The van der Waals surface area contributed by atoms with Gasteiger partial charge in [-0.3, -0.25) is 5.10 Å². The maximum Gasteiger partial charge on any atom is 0.239 e. The summed E-state index contributed by atoms with van der Waals surface area (Å²) in [6.45, 7) is 2.04. The molecule has 112 valence electrons. The predicted octanol–water partition coefficient (Wildman–Crippen LogP) is 4.26. The summed E-state index contributed by atoms with van der Waals surface area (Å²) in [6.07, 6.45) is 0.540. The molecule has 0 bridgehead atoms. The molecular weight excluding hydrogens is 319 g/mol. The Morgan fingerprint density at radius 1 is 1.09 bits per heavy atom. The number of aromatic nitrogens is 3. The van der Waals surface area contributed by atoms with Gasteiger partial charge < -0.3 is 5.73 Å². The highest BCUT2D eigenvalue weighted by molar-refractivity contribution is 6.39. The van der Waals surface area contributed by atoms with Gasteiger partial charge in [-0.25, -0.2) is 0 Å². The summed E-state index contributed by atoms with van der Waals surface area (Å²) in [7, 11) is 0. The number of aromatic amines is 1. The van der Waals surface area contributed by atoms with Crippen LogP contribution in [0.2, 0.25) is 10.0 Å². The number of nitrogens with one attached hydrogen (secondary N) is 1. The quantitative estimate of drug-likeness (QED) is 0.752. The third-order valence-electron chi connectivity index (χ3n) is 3.36. The van der Waals surface area contributed by atoms with Crippen LogP contribution in [-0.4, -0.2) is 15.2 Å². The minimum Gasteiger partial charge on any atom is -0.367 e. The molecule has 4 nitrogen and oxygen atoms in total. The van der Waals surface area contributed by atoms with E-state index in [4.69, 9.17) is 28.9 Å². The van der Waals surface area contributed by atoms with Crippen molar-refractivity contribution >= 4 is 29.2 Å². The number of halogens is 2. The first-order chi connectivity index (χ1) is 10.5. The lowest BCUT2D eigenvalue weighted by atomic mass is 10.0. The van der Waals surface area contributed by atoms with Crippen molar-refractivity contribution in [1.29, 1.82) is 0 Å². The molecule has 3 N–H and O–H groups in total. The van der Waals surface area contributed by atoms with Crippen molar-refractivity contribution in [2.75, 3.05) is 5.73 Å². The molecule has 3 rings (SSSR count). The van der Waals surface area contributed by atoms with E-state index in [2.05, 4.69) is 15.2 Å². The minimum absolute atomic E-state index is 0.225. The van der Waals surface area contributed by atoms with Crippen molar-refractivity contribution in [2.45, 2.75) is 13.3 Å². The summed E-state index contributed by atoms with van der Waals surface area (Å²) >= 11 is 12.9. The molecule has 3 aromatic rings. The van der Waals surface area contributed by atoms with E-state index in [1.54, 1.807) is 0 Å². The highest BCUT2D eigenvalue weighted by atomic mass is 35.5. The van der Waals surface area contributed by atoms with Gasteiger partial charge in [-0.2, -0.15) is 4.98 Å². The molecule has 0 radical (unpaired) electrons. The number of H-pyrrole nitrogens is 1. The zero-order valence-electron chi connectivity index (χ0n) is 11.9. The van der Waals surface area contributed by atoms with E-state index in [1.165, 1.54) is 5.56 Å². The van der Waals surface area contributed by atoms with Gasteiger partial charge in [-0.15, -0.1) is 5.10 Å². The van der Waals surface area contributed by atoms with Crippen LogP contribution in [0.25, 0.3) is 11.1 Å². The Morgan fingerprint density at radius 3 is 2.27 bits per heavy atom. The maximum atomic E-state index is 6.43. The fraction of sp³-hybridized carbons (Fsp3) is 0.125. The number of hydrogen-bond donors (Lipinski definition) is 2. The van der Waals surface area contributed by atoms with Crippen molar-refractivity contribution in [3.8, 4) is 11.1 Å². The fourth-order valence-corrected chi connectivity index (χ4v) is 3.06. The maximum absolute atomic E-state index is 6.43. The molecule has 0 amide bonds. The molecule has 0 aliphatic carbocycles. The lowest BCUT2D eigenvalue weighted by Gasteiger charge is -2.10. The van der Waals surface area contributed by atoms with Gasteiger partial charge in [0.25, 0.3) is 0 Å². The van der Waals surface area contributed by atoms with E-state index in [0.717, 1.165) is 16.7 Å². The van der Waals surface area contributed by atoms with Crippen molar-refractivity contribution < 1.29 is 0 Å². The molecule has 2 aromatic carbocycles. The SMILES string of the molecule is Cc1ccc(-c2c(Cl)cc(Cc3nc(N)n[nH]3)cc2Cl)cc1. The number of aryl methyl sites for hydroxylation is 1. The number of anilines is 1. The van der Waals surface area contributed by atoms with E-state index in [9.17, 15) is 0 Å². The summed E-state index contributed by atoms with van der Waals surface area (Å²) in [5, 5.41) is 7.80. The summed E-state index contributed by atoms with van der Waals surface area (Å²) in [5.41, 5.74) is 9.47. The van der Waals surface area contributed by atoms with Crippen LogP contribution in [0.5, 0.6) is 0 Å². The molecule has 0 aliphatic rings. The van der Waals surface area contributed by atoms with Gasteiger partial charge in [-0.1, -0.05) is 53.0 Å². The van der Waals surface area contributed by atoms with Gasteiger partial charge in [0.1, 0.15) is 5.82 Å². The van der Waals surface area contributed by atoms with Gasteiger partial charge in [0.05, 0.1) is 10.0 Å². The third-order valence-corrected chi connectivity index (χ3v) is 3.96. The summed E-state index contributed by atoms with van der Waals surface area (Å²) < 4.78 is 0. The fourth-order valence-electron chi connectivity index (χ4n) is 2.31. The van der Waals surface area contributed by atoms with E-state index in [0.29, 0.717) is 22.3 Å². The van der Waals surface area contributed by atoms with Crippen LogP contribution < -0.4 is 5.73 Å². The second-order valence-corrected chi connectivity index (χ2v) is 5.93. The van der Waals surface area contributed by atoms with E-state index in [1.807, 2.05) is 43.3 Å². The molecular formula is C16H14Cl2N4. The summed E-state index contributed by atoms with van der Waals surface area (Å²) in [6, 6.07) is 11.9. The molecule has 0 aliphatic heterocycles. The predicted molar refractivity (Wildman–Crippen MR) is 90.2 cm³/mol. The second-order valence-electron chi connectivity index (χ2n) is 5.12. The smallest absolute Gasteiger partial charge is 0.239 e. The van der Waals surface area contributed by atoms with Gasteiger partial charge in [0.2, 0.25) is 5.95 Å². The van der Waals surface area contributed by atoms with E-state index in [-0.39, 0.29) is 5.95 Å². The Hall–Kier alpha value is -2.04. The number of benzene rings is 2. The average Bonchev–Trinajstić information content (AvgIpc) is 2.85.